The molecule has 0 amide bonds. The summed E-state index contributed by atoms with van der Waals surface area (Å²) in [5, 5.41) is 8.65. The maximum Gasteiger partial charge on any atom is 0.336 e. The largest absolute Gasteiger partial charge is 0.497 e. The number of methoxy groups -OCH3 is 1. The molecule has 0 atom stereocenters. The molecular weight excluding hydrogens is 158 g/mol. The lowest BCUT2D eigenvalue weighted by Gasteiger charge is -2.00. The van der Waals surface area contributed by atoms with E-state index >= 15 is 0 Å². The third-order valence-electron chi connectivity index (χ3n) is 1.45. The molecule has 4 N–H and O–H groups in total. The maximum atomic E-state index is 10.5. The van der Waals surface area contributed by atoms with Crippen molar-refractivity contribution in [3.8, 4) is 5.75 Å². The molecule has 12 heavy (non-hydrogen) atoms. The van der Waals surface area contributed by atoms with Crippen LogP contribution in [0.25, 0.3) is 0 Å². The van der Waals surface area contributed by atoms with Crippen LogP contribution in [-0.4, -0.2) is 18.2 Å². The van der Waals surface area contributed by atoms with Gasteiger partial charge in [0.2, 0.25) is 0 Å². The zero-order valence-corrected chi connectivity index (χ0v) is 6.70. The van der Waals surface area contributed by atoms with Crippen LogP contribution in [0.2, 0.25) is 0 Å². The van der Waals surface area contributed by atoms with E-state index in [0.717, 1.165) is 0 Å². The lowest BCUT2D eigenvalue weighted by atomic mass is 10.2. The van der Waals surface area contributed by atoms with Gasteiger partial charge in [-0.1, -0.05) is 0 Å². The van der Waals surface area contributed by atoms with E-state index in [-0.39, 0.29) is 5.56 Å². The second-order valence-electron chi connectivity index (χ2n) is 2.37. The molecule has 0 saturated carbocycles. The number of rotatable bonds is 2. The highest BCUT2D eigenvalue weighted by Gasteiger charge is 2.06. The molecule has 64 valence electrons. The van der Waals surface area contributed by atoms with Crippen LogP contribution < -0.4 is 10.5 Å². The predicted octanol–water partition coefficient (Wildman–Crippen LogP) is 0.267. The normalized spacial score (nSPS) is 9.50. The summed E-state index contributed by atoms with van der Waals surface area (Å²) in [5.74, 6) is -0.460. The van der Waals surface area contributed by atoms with Gasteiger partial charge in [0.05, 0.1) is 12.7 Å². The molecule has 0 fully saturated rings. The standard InChI is InChI=1S/C8H9NO3/c1-12-7-3-5(8(10)11)2-6(9)4-7/h2-4H,9H2,1H3,(H,10,11)/p+1. The summed E-state index contributed by atoms with van der Waals surface area (Å²) in [7, 11) is 1.49. The Labute approximate surface area is 69.6 Å². The summed E-state index contributed by atoms with van der Waals surface area (Å²) < 4.78 is 4.88. The Kier molecular flexibility index (Phi) is 2.30. The molecule has 0 heterocycles. The van der Waals surface area contributed by atoms with Gasteiger partial charge in [0.25, 0.3) is 0 Å². The van der Waals surface area contributed by atoms with Crippen molar-refractivity contribution in [2.24, 2.45) is 0 Å². The predicted molar refractivity (Wildman–Crippen MR) is 42.5 cm³/mol. The lowest BCUT2D eigenvalue weighted by molar-refractivity contribution is -0.254. The SMILES string of the molecule is COc1cc([NH3+])cc(C(=O)O)c1. The number of benzene rings is 1. The number of carbonyl (C=O) groups is 1. The van der Waals surface area contributed by atoms with Crippen LogP contribution >= 0.6 is 0 Å². The van der Waals surface area contributed by atoms with Gasteiger partial charge in [-0.05, 0) is 6.07 Å². The van der Waals surface area contributed by atoms with Crippen molar-refractivity contribution in [3.05, 3.63) is 23.8 Å². The van der Waals surface area contributed by atoms with Gasteiger partial charge in [0.1, 0.15) is 11.4 Å². The average Bonchev–Trinajstić information content (AvgIpc) is 2.03. The first-order chi connectivity index (χ1) is 5.63. The Bertz CT molecular complexity index is 309. The minimum atomic E-state index is -0.973. The smallest absolute Gasteiger partial charge is 0.336 e. The van der Waals surface area contributed by atoms with Gasteiger partial charge in [-0.15, -0.1) is 0 Å². The van der Waals surface area contributed by atoms with Crippen LogP contribution in [0.1, 0.15) is 10.4 Å². The molecule has 0 spiro atoms. The molecule has 0 aliphatic rings. The van der Waals surface area contributed by atoms with Crippen LogP contribution in [0.15, 0.2) is 18.2 Å². The molecule has 0 aliphatic heterocycles. The molecule has 4 nitrogen and oxygen atoms in total. The van der Waals surface area contributed by atoms with Crippen molar-refractivity contribution in [3.63, 3.8) is 0 Å². The molecule has 0 aromatic heterocycles. The quantitative estimate of drug-likeness (QED) is 0.665. The second kappa shape index (κ2) is 3.23. The maximum absolute atomic E-state index is 10.5. The average molecular weight is 168 g/mol. The van der Waals surface area contributed by atoms with E-state index in [0.29, 0.717) is 11.4 Å². The minimum Gasteiger partial charge on any atom is -0.497 e. The van der Waals surface area contributed by atoms with Gasteiger partial charge >= 0.3 is 5.97 Å². The Morgan fingerprint density at radius 3 is 2.67 bits per heavy atom. The summed E-state index contributed by atoms with van der Waals surface area (Å²) in [5.41, 5.74) is 4.45. The molecule has 0 bridgehead atoms. The van der Waals surface area contributed by atoms with Crippen molar-refractivity contribution in [2.45, 2.75) is 0 Å². The first-order valence-corrected chi connectivity index (χ1v) is 3.38. The van der Waals surface area contributed by atoms with Gasteiger partial charge in [0.15, 0.2) is 0 Å². The number of aromatic carboxylic acids is 1. The van der Waals surface area contributed by atoms with E-state index in [2.05, 4.69) is 5.73 Å². The van der Waals surface area contributed by atoms with Crippen LogP contribution in [0, 0.1) is 0 Å². The van der Waals surface area contributed by atoms with E-state index in [1.807, 2.05) is 0 Å². The third kappa shape index (κ3) is 1.73. The summed E-state index contributed by atoms with van der Waals surface area (Å²) in [6.07, 6.45) is 0. The van der Waals surface area contributed by atoms with Gasteiger partial charge in [-0.2, -0.15) is 0 Å². The molecule has 1 aromatic carbocycles. The van der Waals surface area contributed by atoms with Crippen LogP contribution in [0.5, 0.6) is 5.75 Å². The third-order valence-corrected chi connectivity index (χ3v) is 1.45. The first kappa shape index (κ1) is 8.55. The van der Waals surface area contributed by atoms with Gasteiger partial charge < -0.3 is 15.6 Å². The fourth-order valence-corrected chi connectivity index (χ4v) is 0.902. The first-order valence-electron chi connectivity index (χ1n) is 3.38. The van der Waals surface area contributed by atoms with Crippen molar-refractivity contribution in [2.75, 3.05) is 7.11 Å². The minimum absolute atomic E-state index is 0.194. The Morgan fingerprint density at radius 1 is 1.50 bits per heavy atom. The summed E-state index contributed by atoms with van der Waals surface area (Å²) >= 11 is 0. The molecule has 0 saturated heterocycles. The molecule has 1 aromatic rings. The highest BCUT2D eigenvalue weighted by Crippen LogP contribution is 2.16. The Hall–Kier alpha value is -1.55. The van der Waals surface area contributed by atoms with Crippen molar-refractivity contribution >= 4 is 11.7 Å². The monoisotopic (exact) mass is 168 g/mol. The summed E-state index contributed by atoms with van der Waals surface area (Å²) in [4.78, 5) is 10.5. The molecule has 4 heteroatoms. The van der Waals surface area contributed by atoms with E-state index in [1.165, 1.54) is 19.2 Å². The van der Waals surface area contributed by atoms with Gasteiger partial charge in [0, 0.05) is 12.1 Å². The number of carboxylic acids is 1. The Morgan fingerprint density at radius 2 is 2.17 bits per heavy atom. The van der Waals surface area contributed by atoms with Crippen LogP contribution in [0.4, 0.5) is 5.69 Å². The topological polar surface area (TPSA) is 74.2 Å². The van der Waals surface area contributed by atoms with E-state index in [1.54, 1.807) is 6.07 Å². The highest BCUT2D eigenvalue weighted by molar-refractivity contribution is 5.88. The zero-order valence-electron chi connectivity index (χ0n) is 6.70. The second-order valence-corrected chi connectivity index (χ2v) is 2.37. The molecule has 0 unspecified atom stereocenters. The zero-order chi connectivity index (χ0) is 9.14. The van der Waals surface area contributed by atoms with E-state index in [4.69, 9.17) is 9.84 Å². The van der Waals surface area contributed by atoms with E-state index < -0.39 is 5.97 Å². The van der Waals surface area contributed by atoms with Gasteiger partial charge in [-0.25, -0.2) is 4.79 Å². The summed E-state index contributed by atoms with van der Waals surface area (Å²) in [6, 6.07) is 4.62. The number of hydrogen-bond acceptors (Lipinski definition) is 2. The van der Waals surface area contributed by atoms with Crippen LogP contribution in [0.3, 0.4) is 0 Å². The highest BCUT2D eigenvalue weighted by atomic mass is 16.5. The Balaban J connectivity index is 3.15. The molecule has 1 rings (SSSR count). The molecule has 0 aliphatic carbocycles. The lowest BCUT2D eigenvalue weighted by Crippen LogP contribution is -2.40. The fourth-order valence-electron chi connectivity index (χ4n) is 0.902. The fraction of sp³-hybridized carbons (Fsp3) is 0.125. The summed E-state index contributed by atoms with van der Waals surface area (Å²) in [6.45, 7) is 0. The van der Waals surface area contributed by atoms with Gasteiger partial charge in [-0.3, -0.25) is 0 Å². The van der Waals surface area contributed by atoms with Crippen molar-refractivity contribution < 1.29 is 20.4 Å². The number of quaternary nitrogens is 1. The van der Waals surface area contributed by atoms with Crippen molar-refractivity contribution in [1.29, 1.82) is 0 Å². The molecular formula is C8H10NO3+. The number of hydrogen-bond donors (Lipinski definition) is 2. The number of ether oxygens (including phenoxy) is 1. The number of carboxylic acid groups (broad SMARTS) is 1. The molecule has 0 radical (unpaired) electrons. The van der Waals surface area contributed by atoms with Crippen LogP contribution in [-0.2, 0) is 0 Å². The van der Waals surface area contributed by atoms with Crippen molar-refractivity contribution in [1.82, 2.24) is 0 Å². The van der Waals surface area contributed by atoms with E-state index in [9.17, 15) is 4.79 Å².